The molecule has 0 radical (unpaired) electrons. The molecule has 0 aliphatic carbocycles. The zero-order chi connectivity index (χ0) is 25.3. The molecule has 0 atom stereocenters. The fraction of sp³-hybridized carbons (Fsp3) is 0.250. The van der Waals surface area contributed by atoms with Gasteiger partial charge < -0.3 is 18.9 Å². The molecule has 0 fully saturated rings. The van der Waals surface area contributed by atoms with E-state index in [0.29, 0.717) is 0 Å². The van der Waals surface area contributed by atoms with Crippen LogP contribution in [-0.4, -0.2) is 28.4 Å². The Hall–Kier alpha value is -3.92. The summed E-state index contributed by atoms with van der Waals surface area (Å²) in [7, 11) is 6.66. The molecule has 4 aromatic rings. The van der Waals surface area contributed by atoms with E-state index in [1.54, 1.807) is 28.4 Å². The van der Waals surface area contributed by atoms with E-state index in [0.717, 1.165) is 48.7 Å². The Bertz CT molecular complexity index is 1160. The molecule has 4 nitrogen and oxygen atoms in total. The monoisotopic (exact) mass is 482 g/mol. The van der Waals surface area contributed by atoms with Gasteiger partial charge in [0.1, 0.15) is 0 Å². The molecule has 36 heavy (non-hydrogen) atoms. The van der Waals surface area contributed by atoms with Gasteiger partial charge >= 0.3 is 0 Å². The fourth-order valence-corrected chi connectivity index (χ4v) is 4.38. The van der Waals surface area contributed by atoms with Gasteiger partial charge in [-0.2, -0.15) is 0 Å². The van der Waals surface area contributed by atoms with Crippen molar-refractivity contribution in [2.75, 3.05) is 28.4 Å². The van der Waals surface area contributed by atoms with Gasteiger partial charge in [0, 0.05) is 0 Å². The van der Waals surface area contributed by atoms with Gasteiger partial charge in [0.05, 0.1) is 28.4 Å². The second-order valence-corrected chi connectivity index (χ2v) is 8.77. The predicted octanol–water partition coefficient (Wildman–Crippen LogP) is 6.96. The van der Waals surface area contributed by atoms with Crippen molar-refractivity contribution < 1.29 is 18.9 Å². The summed E-state index contributed by atoms with van der Waals surface area (Å²) in [5.74, 6) is 3.07. The van der Waals surface area contributed by atoms with Crippen LogP contribution in [0.25, 0.3) is 11.1 Å². The smallest absolute Gasteiger partial charge is 0.160 e. The average Bonchev–Trinajstić information content (AvgIpc) is 2.95. The number of methoxy groups -OCH3 is 4. The van der Waals surface area contributed by atoms with Crippen LogP contribution in [0.1, 0.15) is 22.3 Å². The summed E-state index contributed by atoms with van der Waals surface area (Å²) in [5, 5.41) is 0. The van der Waals surface area contributed by atoms with E-state index < -0.39 is 0 Å². The normalized spacial score (nSPS) is 10.7. The Kier molecular flexibility index (Phi) is 8.51. The molecule has 0 aromatic heterocycles. The maximum Gasteiger partial charge on any atom is 0.160 e. The minimum atomic E-state index is 0.762. The van der Waals surface area contributed by atoms with Crippen LogP contribution in [0.15, 0.2) is 84.9 Å². The first-order valence-corrected chi connectivity index (χ1v) is 12.2. The van der Waals surface area contributed by atoms with Crippen LogP contribution in [0.4, 0.5) is 0 Å². The van der Waals surface area contributed by atoms with Crippen LogP contribution < -0.4 is 18.9 Å². The molecule has 0 N–H and O–H groups in total. The van der Waals surface area contributed by atoms with Crippen LogP contribution in [0.2, 0.25) is 0 Å². The Morgan fingerprint density at radius 1 is 0.361 bits per heavy atom. The van der Waals surface area contributed by atoms with Crippen molar-refractivity contribution in [2.45, 2.75) is 25.7 Å². The van der Waals surface area contributed by atoms with Gasteiger partial charge in [-0.1, -0.05) is 60.7 Å². The van der Waals surface area contributed by atoms with Crippen molar-refractivity contribution in [3.05, 3.63) is 107 Å². The Morgan fingerprint density at radius 2 is 0.667 bits per heavy atom. The molecular formula is C32H34O4. The molecule has 0 aliphatic rings. The van der Waals surface area contributed by atoms with Gasteiger partial charge in [0.15, 0.2) is 23.0 Å². The second-order valence-electron chi connectivity index (χ2n) is 8.77. The topological polar surface area (TPSA) is 36.9 Å². The molecule has 0 saturated heterocycles. The predicted molar refractivity (Wildman–Crippen MR) is 146 cm³/mol. The van der Waals surface area contributed by atoms with Crippen molar-refractivity contribution in [2.24, 2.45) is 0 Å². The van der Waals surface area contributed by atoms with Gasteiger partial charge in [0.2, 0.25) is 0 Å². The minimum absolute atomic E-state index is 0.762. The van der Waals surface area contributed by atoms with E-state index in [1.165, 1.54) is 33.4 Å². The largest absolute Gasteiger partial charge is 0.493 e. The number of hydrogen-bond donors (Lipinski definition) is 0. The van der Waals surface area contributed by atoms with Crippen LogP contribution in [0.5, 0.6) is 23.0 Å². The highest BCUT2D eigenvalue weighted by atomic mass is 16.5. The standard InChI is InChI=1S/C32H34O4/c1-33-29-19-13-25(21-31(29)35-3)7-5-23-9-15-27(16-10-23)28-17-11-24(12-18-28)6-8-26-14-20-30(34-2)32(22-26)36-4/h9-22H,5-8H2,1-4H3. The molecule has 186 valence electrons. The van der Waals surface area contributed by atoms with Crippen molar-refractivity contribution in [1.29, 1.82) is 0 Å². The molecule has 4 rings (SSSR count). The summed E-state index contributed by atoms with van der Waals surface area (Å²) in [6.07, 6.45) is 3.86. The molecule has 0 saturated carbocycles. The lowest BCUT2D eigenvalue weighted by Gasteiger charge is -2.10. The summed E-state index contributed by atoms with van der Waals surface area (Å²) in [6.45, 7) is 0. The van der Waals surface area contributed by atoms with Crippen molar-refractivity contribution in [3.8, 4) is 34.1 Å². The van der Waals surface area contributed by atoms with Crippen LogP contribution in [0.3, 0.4) is 0 Å². The highest BCUT2D eigenvalue weighted by molar-refractivity contribution is 5.64. The van der Waals surface area contributed by atoms with Gasteiger partial charge in [-0.25, -0.2) is 0 Å². The zero-order valence-corrected chi connectivity index (χ0v) is 21.5. The third-order valence-electron chi connectivity index (χ3n) is 6.54. The summed E-state index contributed by atoms with van der Waals surface area (Å²) < 4.78 is 21.5. The first-order valence-electron chi connectivity index (χ1n) is 12.2. The number of benzene rings is 4. The minimum Gasteiger partial charge on any atom is -0.493 e. The molecule has 0 aliphatic heterocycles. The first-order chi connectivity index (χ1) is 17.6. The zero-order valence-electron chi connectivity index (χ0n) is 21.5. The van der Waals surface area contributed by atoms with Crippen LogP contribution >= 0.6 is 0 Å². The quantitative estimate of drug-likeness (QED) is 0.232. The average molecular weight is 483 g/mol. The third-order valence-corrected chi connectivity index (χ3v) is 6.54. The lowest BCUT2D eigenvalue weighted by Crippen LogP contribution is -1.95. The van der Waals surface area contributed by atoms with Crippen LogP contribution in [-0.2, 0) is 25.7 Å². The van der Waals surface area contributed by atoms with Crippen LogP contribution in [0, 0.1) is 0 Å². The lowest BCUT2D eigenvalue weighted by atomic mass is 9.98. The SMILES string of the molecule is COc1ccc(CCc2ccc(-c3ccc(CCc4ccc(OC)c(OC)c4)cc3)cc2)cc1OC. The van der Waals surface area contributed by atoms with E-state index >= 15 is 0 Å². The number of ether oxygens (including phenoxy) is 4. The molecule has 4 heteroatoms. The van der Waals surface area contributed by atoms with Crippen molar-refractivity contribution in [3.63, 3.8) is 0 Å². The maximum atomic E-state index is 5.42. The summed E-state index contributed by atoms with van der Waals surface area (Å²) in [6, 6.07) is 30.0. The molecular weight excluding hydrogens is 448 g/mol. The van der Waals surface area contributed by atoms with E-state index in [2.05, 4.69) is 72.8 Å². The highest BCUT2D eigenvalue weighted by Crippen LogP contribution is 2.29. The maximum absolute atomic E-state index is 5.42. The molecule has 0 unspecified atom stereocenters. The summed E-state index contributed by atoms with van der Waals surface area (Å²) >= 11 is 0. The number of rotatable bonds is 11. The van der Waals surface area contributed by atoms with Gasteiger partial charge in [-0.05, 0) is 83.3 Å². The molecule has 0 amide bonds. The summed E-state index contributed by atoms with van der Waals surface area (Å²) in [5.41, 5.74) is 7.58. The van der Waals surface area contributed by atoms with E-state index in [-0.39, 0.29) is 0 Å². The molecule has 0 spiro atoms. The van der Waals surface area contributed by atoms with Crippen molar-refractivity contribution in [1.82, 2.24) is 0 Å². The van der Waals surface area contributed by atoms with E-state index in [4.69, 9.17) is 18.9 Å². The van der Waals surface area contributed by atoms with Gasteiger partial charge in [-0.15, -0.1) is 0 Å². The summed E-state index contributed by atoms with van der Waals surface area (Å²) in [4.78, 5) is 0. The number of hydrogen-bond acceptors (Lipinski definition) is 4. The van der Waals surface area contributed by atoms with E-state index in [9.17, 15) is 0 Å². The Morgan fingerprint density at radius 3 is 1.00 bits per heavy atom. The third kappa shape index (κ3) is 6.19. The number of aryl methyl sites for hydroxylation is 4. The van der Waals surface area contributed by atoms with Gasteiger partial charge in [-0.3, -0.25) is 0 Å². The van der Waals surface area contributed by atoms with E-state index in [1.807, 2.05) is 12.1 Å². The molecule has 0 bridgehead atoms. The highest BCUT2D eigenvalue weighted by Gasteiger charge is 2.07. The second kappa shape index (κ2) is 12.2. The fourth-order valence-electron chi connectivity index (χ4n) is 4.38. The molecule has 0 heterocycles. The Labute approximate surface area is 214 Å². The Balaban J connectivity index is 1.33. The van der Waals surface area contributed by atoms with Crippen molar-refractivity contribution >= 4 is 0 Å². The lowest BCUT2D eigenvalue weighted by molar-refractivity contribution is 0.354. The molecule has 4 aromatic carbocycles. The van der Waals surface area contributed by atoms with Gasteiger partial charge in [0.25, 0.3) is 0 Å². The first kappa shape index (κ1) is 25.2.